The summed E-state index contributed by atoms with van der Waals surface area (Å²) >= 11 is 0. The van der Waals surface area contributed by atoms with Crippen LogP contribution in [0.25, 0.3) is 0 Å². The Bertz CT molecular complexity index is 868. The van der Waals surface area contributed by atoms with E-state index in [4.69, 9.17) is 0 Å². The Labute approximate surface area is 166 Å². The second-order valence-corrected chi connectivity index (χ2v) is 7.50. The SMILES string of the molecule is Cc1nc(N(C)CC2CCN(Cc3ccccc3)CC2)c(C#N)cc1C(=O)O. The number of anilines is 1. The van der Waals surface area contributed by atoms with Crippen LogP contribution in [0.3, 0.4) is 0 Å². The van der Waals surface area contributed by atoms with E-state index in [0.29, 0.717) is 23.0 Å². The molecular formula is C22H26N4O2. The summed E-state index contributed by atoms with van der Waals surface area (Å²) in [7, 11) is 1.93. The Morgan fingerprint density at radius 3 is 2.61 bits per heavy atom. The Morgan fingerprint density at radius 1 is 1.32 bits per heavy atom. The molecule has 0 bridgehead atoms. The van der Waals surface area contributed by atoms with Gasteiger partial charge in [-0.05, 0) is 50.4 Å². The molecule has 3 rings (SSSR count). The highest BCUT2D eigenvalue weighted by atomic mass is 16.4. The van der Waals surface area contributed by atoms with Crippen molar-refractivity contribution in [2.24, 2.45) is 5.92 Å². The van der Waals surface area contributed by atoms with E-state index in [0.717, 1.165) is 39.0 Å². The van der Waals surface area contributed by atoms with Crippen molar-refractivity contribution in [3.05, 3.63) is 58.8 Å². The fraction of sp³-hybridized carbons (Fsp3) is 0.409. The highest BCUT2D eigenvalue weighted by molar-refractivity contribution is 5.89. The molecule has 0 unspecified atom stereocenters. The number of benzene rings is 1. The summed E-state index contributed by atoms with van der Waals surface area (Å²) in [6.07, 6.45) is 2.20. The van der Waals surface area contributed by atoms with Crippen LogP contribution in [-0.4, -0.2) is 47.6 Å². The molecule has 28 heavy (non-hydrogen) atoms. The quantitative estimate of drug-likeness (QED) is 0.831. The van der Waals surface area contributed by atoms with Crippen LogP contribution in [-0.2, 0) is 6.54 Å². The van der Waals surface area contributed by atoms with Crippen molar-refractivity contribution in [1.82, 2.24) is 9.88 Å². The zero-order chi connectivity index (χ0) is 20.1. The van der Waals surface area contributed by atoms with Crippen molar-refractivity contribution in [3.8, 4) is 6.07 Å². The van der Waals surface area contributed by atoms with Crippen molar-refractivity contribution in [3.63, 3.8) is 0 Å². The number of hydrogen-bond donors (Lipinski definition) is 1. The Hall–Kier alpha value is -2.91. The van der Waals surface area contributed by atoms with Crippen LogP contribution >= 0.6 is 0 Å². The molecule has 0 amide bonds. The lowest BCUT2D eigenvalue weighted by Gasteiger charge is -2.34. The number of carboxylic acids is 1. The molecule has 2 aromatic rings. The van der Waals surface area contributed by atoms with E-state index >= 15 is 0 Å². The van der Waals surface area contributed by atoms with Gasteiger partial charge in [-0.2, -0.15) is 5.26 Å². The molecule has 1 aromatic heterocycles. The molecule has 6 heteroatoms. The summed E-state index contributed by atoms with van der Waals surface area (Å²) < 4.78 is 0. The van der Waals surface area contributed by atoms with Gasteiger partial charge in [0.05, 0.1) is 16.8 Å². The van der Waals surface area contributed by atoms with Gasteiger partial charge in [-0.1, -0.05) is 30.3 Å². The number of likely N-dealkylation sites (tertiary alicyclic amines) is 1. The molecule has 0 atom stereocenters. The monoisotopic (exact) mass is 378 g/mol. The van der Waals surface area contributed by atoms with Crippen molar-refractivity contribution >= 4 is 11.8 Å². The Kier molecular flexibility index (Phi) is 6.27. The van der Waals surface area contributed by atoms with E-state index in [9.17, 15) is 15.2 Å². The Balaban J connectivity index is 1.60. The van der Waals surface area contributed by atoms with E-state index in [1.54, 1.807) is 6.92 Å². The van der Waals surface area contributed by atoms with Crippen LogP contribution in [0.15, 0.2) is 36.4 Å². The minimum Gasteiger partial charge on any atom is -0.478 e. The average molecular weight is 378 g/mol. The number of aryl methyl sites for hydroxylation is 1. The molecule has 1 saturated heterocycles. The zero-order valence-electron chi connectivity index (χ0n) is 16.4. The average Bonchev–Trinajstić information content (AvgIpc) is 2.69. The van der Waals surface area contributed by atoms with Crippen LogP contribution in [0.4, 0.5) is 5.82 Å². The number of rotatable bonds is 6. The molecule has 0 spiro atoms. The first-order valence-corrected chi connectivity index (χ1v) is 9.60. The van der Waals surface area contributed by atoms with E-state index < -0.39 is 5.97 Å². The molecule has 1 aliphatic heterocycles. The summed E-state index contributed by atoms with van der Waals surface area (Å²) in [5, 5.41) is 18.7. The molecule has 2 heterocycles. The fourth-order valence-electron chi connectivity index (χ4n) is 3.82. The fourth-order valence-corrected chi connectivity index (χ4v) is 3.82. The highest BCUT2D eigenvalue weighted by Gasteiger charge is 2.23. The second-order valence-electron chi connectivity index (χ2n) is 7.50. The zero-order valence-corrected chi connectivity index (χ0v) is 16.4. The molecule has 1 N–H and O–H groups in total. The predicted molar refractivity (Wildman–Crippen MR) is 108 cm³/mol. The molecule has 1 aliphatic rings. The lowest BCUT2D eigenvalue weighted by atomic mass is 9.95. The number of piperidine rings is 1. The maximum absolute atomic E-state index is 11.3. The van der Waals surface area contributed by atoms with Crippen LogP contribution in [0, 0.1) is 24.2 Å². The van der Waals surface area contributed by atoms with E-state index in [-0.39, 0.29) is 5.56 Å². The number of carboxylic acid groups (broad SMARTS) is 1. The number of aromatic nitrogens is 1. The summed E-state index contributed by atoms with van der Waals surface area (Å²) in [5.74, 6) is 0.0445. The van der Waals surface area contributed by atoms with E-state index in [2.05, 4.69) is 40.2 Å². The minimum absolute atomic E-state index is 0.0860. The third kappa shape index (κ3) is 4.68. The van der Waals surface area contributed by atoms with Crippen molar-refractivity contribution in [2.45, 2.75) is 26.3 Å². The maximum atomic E-state index is 11.3. The number of hydrogen-bond acceptors (Lipinski definition) is 5. The van der Waals surface area contributed by atoms with Crippen LogP contribution in [0.5, 0.6) is 0 Å². The maximum Gasteiger partial charge on any atom is 0.337 e. The number of pyridine rings is 1. The lowest BCUT2D eigenvalue weighted by Crippen LogP contribution is -2.37. The van der Waals surface area contributed by atoms with E-state index in [1.807, 2.05) is 18.0 Å². The predicted octanol–water partition coefficient (Wildman–Crippen LogP) is 3.31. The number of carbonyl (C=O) groups is 1. The van der Waals surface area contributed by atoms with Gasteiger partial charge >= 0.3 is 5.97 Å². The van der Waals surface area contributed by atoms with Gasteiger partial charge in [-0.15, -0.1) is 0 Å². The first-order valence-electron chi connectivity index (χ1n) is 9.60. The summed E-state index contributed by atoms with van der Waals surface area (Å²) in [5.41, 5.74) is 2.18. The van der Waals surface area contributed by atoms with Gasteiger partial charge in [0.1, 0.15) is 11.9 Å². The number of nitrogens with zero attached hydrogens (tertiary/aromatic N) is 4. The molecule has 146 valence electrons. The van der Waals surface area contributed by atoms with E-state index in [1.165, 1.54) is 11.6 Å². The first-order chi connectivity index (χ1) is 13.5. The molecule has 1 aromatic carbocycles. The summed E-state index contributed by atoms with van der Waals surface area (Å²) in [6.45, 7) is 5.59. The van der Waals surface area contributed by atoms with Gasteiger partial charge in [-0.3, -0.25) is 4.90 Å². The van der Waals surface area contributed by atoms with Crippen molar-refractivity contribution in [1.29, 1.82) is 5.26 Å². The summed E-state index contributed by atoms with van der Waals surface area (Å²) in [6, 6.07) is 14.1. The molecule has 1 fully saturated rings. The lowest BCUT2D eigenvalue weighted by molar-refractivity contribution is 0.0695. The second kappa shape index (κ2) is 8.85. The smallest absolute Gasteiger partial charge is 0.337 e. The Morgan fingerprint density at radius 2 is 2.00 bits per heavy atom. The molecule has 6 nitrogen and oxygen atoms in total. The van der Waals surface area contributed by atoms with Crippen LogP contribution in [0.1, 0.15) is 40.0 Å². The molecular weight excluding hydrogens is 352 g/mol. The normalized spacial score (nSPS) is 15.2. The van der Waals surface area contributed by atoms with Crippen molar-refractivity contribution in [2.75, 3.05) is 31.6 Å². The third-order valence-corrected chi connectivity index (χ3v) is 5.39. The van der Waals surface area contributed by atoms with Crippen LogP contribution < -0.4 is 4.90 Å². The van der Waals surface area contributed by atoms with Gasteiger partial charge in [0.2, 0.25) is 0 Å². The first kappa shape index (κ1) is 19.8. The third-order valence-electron chi connectivity index (χ3n) is 5.39. The number of aromatic carboxylic acids is 1. The van der Waals surface area contributed by atoms with Gasteiger partial charge in [0.25, 0.3) is 0 Å². The number of nitriles is 1. The van der Waals surface area contributed by atoms with Crippen molar-refractivity contribution < 1.29 is 9.90 Å². The van der Waals surface area contributed by atoms with Gasteiger partial charge in [0, 0.05) is 20.1 Å². The highest BCUT2D eigenvalue weighted by Crippen LogP contribution is 2.24. The molecule has 0 saturated carbocycles. The minimum atomic E-state index is -1.05. The van der Waals surface area contributed by atoms with Gasteiger partial charge in [0.15, 0.2) is 0 Å². The largest absolute Gasteiger partial charge is 0.478 e. The molecule has 0 radical (unpaired) electrons. The topological polar surface area (TPSA) is 80.5 Å². The standard InChI is InChI=1S/C22H26N4O2/c1-16-20(22(27)28)12-19(13-23)21(24-16)25(2)14-18-8-10-26(11-9-18)15-17-6-4-3-5-7-17/h3-7,12,18H,8-11,14-15H2,1-2H3,(H,27,28). The van der Waals surface area contributed by atoms with Crippen LogP contribution in [0.2, 0.25) is 0 Å². The summed E-state index contributed by atoms with van der Waals surface area (Å²) in [4.78, 5) is 20.2. The van der Waals surface area contributed by atoms with Gasteiger partial charge < -0.3 is 10.0 Å². The molecule has 0 aliphatic carbocycles. The van der Waals surface area contributed by atoms with Gasteiger partial charge in [-0.25, -0.2) is 9.78 Å².